The van der Waals surface area contributed by atoms with E-state index in [0.29, 0.717) is 6.42 Å². The van der Waals surface area contributed by atoms with Crippen molar-refractivity contribution < 1.29 is 4.74 Å². The standard InChI is InChI=1S/C14H18N2O/c1-11-4-5-14-12(8-11)9-13(17-14)10-16(2)7-3-6-15/h4-5,8,13H,3,7,9-10H2,1-2H3. The first-order valence-corrected chi connectivity index (χ1v) is 6.00. The summed E-state index contributed by atoms with van der Waals surface area (Å²) >= 11 is 0. The Morgan fingerprint density at radius 3 is 3.12 bits per heavy atom. The molecule has 3 heteroatoms. The van der Waals surface area contributed by atoms with Gasteiger partial charge in [0.05, 0.1) is 6.07 Å². The first-order valence-electron chi connectivity index (χ1n) is 6.00. The molecule has 0 bridgehead atoms. The molecule has 0 radical (unpaired) electrons. The Balaban J connectivity index is 1.90. The van der Waals surface area contributed by atoms with E-state index in [1.807, 2.05) is 7.05 Å². The molecule has 1 unspecified atom stereocenters. The molecule has 3 nitrogen and oxygen atoms in total. The molecule has 0 aliphatic carbocycles. The number of hydrogen-bond acceptors (Lipinski definition) is 3. The third-order valence-corrected chi connectivity index (χ3v) is 3.08. The quantitative estimate of drug-likeness (QED) is 0.795. The predicted molar refractivity (Wildman–Crippen MR) is 67.0 cm³/mol. The van der Waals surface area contributed by atoms with Gasteiger partial charge < -0.3 is 9.64 Å². The Morgan fingerprint density at radius 2 is 2.35 bits per heavy atom. The van der Waals surface area contributed by atoms with Crippen LogP contribution in [0.2, 0.25) is 0 Å². The van der Waals surface area contributed by atoms with E-state index in [9.17, 15) is 0 Å². The summed E-state index contributed by atoms with van der Waals surface area (Å²) in [6, 6.07) is 8.50. The zero-order valence-corrected chi connectivity index (χ0v) is 10.4. The molecule has 1 aromatic carbocycles. The fourth-order valence-electron chi connectivity index (χ4n) is 2.23. The van der Waals surface area contributed by atoms with Crippen LogP contribution in [0, 0.1) is 18.3 Å². The van der Waals surface area contributed by atoms with Crippen molar-refractivity contribution in [2.45, 2.75) is 25.9 Å². The molecule has 1 atom stereocenters. The van der Waals surface area contributed by atoms with Gasteiger partial charge in [-0.15, -0.1) is 0 Å². The largest absolute Gasteiger partial charge is 0.488 e. The Labute approximate surface area is 103 Å². The molecule has 17 heavy (non-hydrogen) atoms. The van der Waals surface area contributed by atoms with E-state index in [-0.39, 0.29) is 6.10 Å². The maximum atomic E-state index is 8.54. The molecular weight excluding hydrogens is 212 g/mol. The number of benzene rings is 1. The molecule has 0 saturated carbocycles. The van der Waals surface area contributed by atoms with Crippen LogP contribution in [0.1, 0.15) is 17.5 Å². The molecule has 90 valence electrons. The van der Waals surface area contributed by atoms with Gasteiger partial charge in [0, 0.05) is 25.9 Å². The number of nitriles is 1. The molecule has 2 rings (SSSR count). The molecule has 0 aromatic heterocycles. The average Bonchev–Trinajstić information content (AvgIpc) is 2.67. The minimum atomic E-state index is 0.232. The summed E-state index contributed by atoms with van der Waals surface area (Å²) in [5.41, 5.74) is 2.59. The number of likely N-dealkylation sites (N-methyl/N-ethyl adjacent to an activating group) is 1. The van der Waals surface area contributed by atoms with E-state index >= 15 is 0 Å². The summed E-state index contributed by atoms with van der Waals surface area (Å²) in [6.45, 7) is 3.80. The number of aryl methyl sites for hydroxylation is 1. The van der Waals surface area contributed by atoms with E-state index in [2.05, 4.69) is 36.1 Å². The van der Waals surface area contributed by atoms with Gasteiger partial charge in [0.2, 0.25) is 0 Å². The van der Waals surface area contributed by atoms with Gasteiger partial charge in [-0.2, -0.15) is 5.26 Å². The molecule has 1 aliphatic heterocycles. The summed E-state index contributed by atoms with van der Waals surface area (Å²) in [5, 5.41) is 8.54. The highest BCUT2D eigenvalue weighted by molar-refractivity contribution is 5.40. The van der Waals surface area contributed by atoms with E-state index in [1.54, 1.807) is 0 Å². The second kappa shape index (κ2) is 5.20. The summed E-state index contributed by atoms with van der Waals surface area (Å²) < 4.78 is 5.89. The van der Waals surface area contributed by atoms with Gasteiger partial charge in [0.25, 0.3) is 0 Å². The minimum absolute atomic E-state index is 0.232. The fourth-order valence-corrected chi connectivity index (χ4v) is 2.23. The molecule has 1 aromatic rings. The molecule has 0 amide bonds. The Morgan fingerprint density at radius 1 is 1.53 bits per heavy atom. The van der Waals surface area contributed by atoms with Crippen molar-refractivity contribution >= 4 is 0 Å². The van der Waals surface area contributed by atoms with Crippen LogP contribution < -0.4 is 4.74 Å². The Kier molecular flexibility index (Phi) is 3.65. The second-order valence-electron chi connectivity index (χ2n) is 4.73. The summed E-state index contributed by atoms with van der Waals surface area (Å²) in [5.74, 6) is 1.02. The van der Waals surface area contributed by atoms with Crippen LogP contribution in [0.25, 0.3) is 0 Å². The van der Waals surface area contributed by atoms with Crippen molar-refractivity contribution in [1.29, 1.82) is 5.26 Å². The van der Waals surface area contributed by atoms with Gasteiger partial charge in [-0.1, -0.05) is 17.7 Å². The lowest BCUT2D eigenvalue weighted by Crippen LogP contribution is -2.32. The van der Waals surface area contributed by atoms with Crippen LogP contribution in [0.15, 0.2) is 18.2 Å². The predicted octanol–water partition coefficient (Wildman–Crippen LogP) is 2.14. The molecule has 0 saturated heterocycles. The number of fused-ring (bicyclic) bond motifs is 1. The van der Waals surface area contributed by atoms with Crippen LogP contribution in [0.4, 0.5) is 0 Å². The molecule has 1 heterocycles. The van der Waals surface area contributed by atoms with Gasteiger partial charge in [-0.3, -0.25) is 0 Å². The normalized spacial score (nSPS) is 17.6. The summed E-state index contributed by atoms with van der Waals surface area (Å²) in [6.07, 6.45) is 1.79. The fraction of sp³-hybridized carbons (Fsp3) is 0.500. The third kappa shape index (κ3) is 2.98. The highest BCUT2D eigenvalue weighted by Gasteiger charge is 2.23. The molecule has 0 fully saturated rings. The van der Waals surface area contributed by atoms with Crippen molar-refractivity contribution in [2.24, 2.45) is 0 Å². The zero-order valence-electron chi connectivity index (χ0n) is 10.4. The van der Waals surface area contributed by atoms with Crippen LogP contribution in [0.5, 0.6) is 5.75 Å². The Hall–Kier alpha value is -1.53. The van der Waals surface area contributed by atoms with E-state index in [1.165, 1.54) is 11.1 Å². The van der Waals surface area contributed by atoms with Crippen molar-refractivity contribution in [1.82, 2.24) is 4.90 Å². The van der Waals surface area contributed by atoms with Crippen molar-refractivity contribution in [2.75, 3.05) is 20.1 Å². The maximum Gasteiger partial charge on any atom is 0.123 e. The summed E-state index contributed by atoms with van der Waals surface area (Å²) in [7, 11) is 2.04. The SMILES string of the molecule is Cc1ccc2c(c1)CC(CN(C)CCC#N)O2. The van der Waals surface area contributed by atoms with Crippen molar-refractivity contribution in [3.8, 4) is 11.8 Å². The van der Waals surface area contributed by atoms with Crippen LogP contribution in [-0.4, -0.2) is 31.1 Å². The number of rotatable bonds is 4. The van der Waals surface area contributed by atoms with Gasteiger partial charge in [0.15, 0.2) is 0 Å². The van der Waals surface area contributed by atoms with Gasteiger partial charge in [0.1, 0.15) is 11.9 Å². The molecule has 1 aliphatic rings. The van der Waals surface area contributed by atoms with E-state index in [4.69, 9.17) is 10.00 Å². The molecular formula is C14H18N2O. The smallest absolute Gasteiger partial charge is 0.123 e. The molecule has 0 N–H and O–H groups in total. The van der Waals surface area contributed by atoms with Crippen molar-refractivity contribution in [3.63, 3.8) is 0 Å². The van der Waals surface area contributed by atoms with Crippen LogP contribution in [-0.2, 0) is 6.42 Å². The van der Waals surface area contributed by atoms with Gasteiger partial charge in [-0.05, 0) is 25.6 Å². The van der Waals surface area contributed by atoms with E-state index < -0.39 is 0 Å². The first-order chi connectivity index (χ1) is 8.19. The highest BCUT2D eigenvalue weighted by Crippen LogP contribution is 2.29. The average molecular weight is 230 g/mol. The zero-order chi connectivity index (χ0) is 12.3. The lowest BCUT2D eigenvalue weighted by Gasteiger charge is -2.19. The monoisotopic (exact) mass is 230 g/mol. The van der Waals surface area contributed by atoms with Crippen molar-refractivity contribution in [3.05, 3.63) is 29.3 Å². The first kappa shape index (κ1) is 11.9. The second-order valence-corrected chi connectivity index (χ2v) is 4.73. The molecule has 0 spiro atoms. The summed E-state index contributed by atoms with van der Waals surface area (Å²) in [4.78, 5) is 2.16. The minimum Gasteiger partial charge on any atom is -0.488 e. The maximum absolute atomic E-state index is 8.54. The van der Waals surface area contributed by atoms with Crippen LogP contribution >= 0.6 is 0 Å². The topological polar surface area (TPSA) is 36.3 Å². The van der Waals surface area contributed by atoms with Crippen LogP contribution in [0.3, 0.4) is 0 Å². The lowest BCUT2D eigenvalue weighted by molar-refractivity contribution is 0.170. The number of hydrogen-bond donors (Lipinski definition) is 0. The van der Waals surface area contributed by atoms with Gasteiger partial charge in [-0.25, -0.2) is 0 Å². The Bertz CT molecular complexity index is 436. The lowest BCUT2D eigenvalue weighted by atomic mass is 10.1. The number of ether oxygens (including phenoxy) is 1. The van der Waals surface area contributed by atoms with E-state index in [0.717, 1.165) is 25.3 Å². The van der Waals surface area contributed by atoms with Gasteiger partial charge >= 0.3 is 0 Å². The number of nitrogens with zero attached hydrogens (tertiary/aromatic N) is 2. The highest BCUT2D eigenvalue weighted by atomic mass is 16.5. The third-order valence-electron chi connectivity index (χ3n) is 3.08.